The van der Waals surface area contributed by atoms with Gasteiger partial charge in [-0.25, -0.2) is 15.0 Å². The molecule has 2 aromatic heterocycles. The molecule has 6 nitrogen and oxygen atoms in total. The van der Waals surface area contributed by atoms with Crippen molar-refractivity contribution in [3.8, 4) is 68.6 Å². The molecule has 0 N–H and O–H groups in total. The van der Waals surface area contributed by atoms with Crippen LogP contribution in [0, 0.1) is 22.7 Å². The van der Waals surface area contributed by atoms with E-state index in [1.54, 1.807) is 6.07 Å². The minimum atomic E-state index is -0.712. The van der Waals surface area contributed by atoms with Crippen LogP contribution in [0.3, 0.4) is 0 Å². The van der Waals surface area contributed by atoms with Crippen LogP contribution in [0.25, 0.3) is 78.4 Å². The monoisotopic (exact) mass is 687 g/mol. The van der Waals surface area contributed by atoms with E-state index < -0.39 is 5.41 Å². The van der Waals surface area contributed by atoms with Gasteiger partial charge in [-0.1, -0.05) is 115 Å². The molecule has 9 aromatic rings. The Kier molecular flexibility index (Phi) is 6.20. The summed E-state index contributed by atoms with van der Waals surface area (Å²) >= 11 is 0. The second-order valence-corrected chi connectivity index (χ2v) is 13.7. The van der Waals surface area contributed by atoms with Gasteiger partial charge >= 0.3 is 0 Å². The molecule has 0 amide bonds. The van der Waals surface area contributed by atoms with Crippen LogP contribution in [0.15, 0.2) is 156 Å². The molecule has 6 heteroatoms. The Bertz CT molecular complexity index is 3080. The maximum absolute atomic E-state index is 10.6. The standard InChI is InChI=1S/C48H25N5O/c49-26-28-18-22-40-35(24-28)43-41(54-40)23-21-39-44(43)42-32(27-50)14-9-17-38(42)48(39)36-16-8-7-15-33(36)34-25-31(19-20-37(34)48)47-52-45(29-10-3-1-4-11-29)51-46(53-47)30-12-5-2-6-13-30/h1-25H. The molecule has 2 aliphatic rings. The highest BCUT2D eigenvalue weighted by Crippen LogP contribution is 2.65. The Balaban J connectivity index is 1.20. The third-order valence-corrected chi connectivity index (χ3v) is 11.0. The first-order valence-corrected chi connectivity index (χ1v) is 17.7. The third kappa shape index (κ3) is 4.00. The van der Waals surface area contributed by atoms with Gasteiger partial charge in [-0.15, -0.1) is 0 Å². The van der Waals surface area contributed by atoms with Gasteiger partial charge in [-0.2, -0.15) is 10.5 Å². The fourth-order valence-electron chi connectivity index (χ4n) is 8.82. The first kappa shape index (κ1) is 30.0. The number of furan rings is 1. The zero-order valence-corrected chi connectivity index (χ0v) is 28.6. The molecule has 248 valence electrons. The molecule has 0 aliphatic heterocycles. The van der Waals surface area contributed by atoms with E-state index in [0.29, 0.717) is 34.2 Å². The molecule has 0 bridgehead atoms. The topological polar surface area (TPSA) is 99.4 Å². The molecule has 0 radical (unpaired) electrons. The zero-order valence-electron chi connectivity index (χ0n) is 28.6. The Labute approximate surface area is 309 Å². The highest BCUT2D eigenvalue weighted by Gasteiger charge is 2.53. The molecular formula is C48H25N5O. The zero-order chi connectivity index (χ0) is 36.0. The summed E-state index contributed by atoms with van der Waals surface area (Å²) in [6.45, 7) is 0. The van der Waals surface area contributed by atoms with Crippen molar-refractivity contribution < 1.29 is 4.42 Å². The van der Waals surface area contributed by atoms with Gasteiger partial charge in [0.1, 0.15) is 11.2 Å². The van der Waals surface area contributed by atoms with Crippen molar-refractivity contribution in [2.75, 3.05) is 0 Å². The fourth-order valence-corrected chi connectivity index (χ4v) is 8.82. The van der Waals surface area contributed by atoms with Crippen LogP contribution in [0.2, 0.25) is 0 Å². The second kappa shape index (κ2) is 11.2. The Morgan fingerprint density at radius 3 is 1.80 bits per heavy atom. The van der Waals surface area contributed by atoms with Crippen molar-refractivity contribution in [1.82, 2.24) is 15.0 Å². The van der Waals surface area contributed by atoms with E-state index in [4.69, 9.17) is 19.4 Å². The van der Waals surface area contributed by atoms with Crippen LogP contribution in [0.4, 0.5) is 0 Å². The summed E-state index contributed by atoms with van der Waals surface area (Å²) in [6.07, 6.45) is 0. The molecule has 1 atom stereocenters. The highest BCUT2D eigenvalue weighted by molar-refractivity contribution is 6.17. The number of fused-ring (bicyclic) bond motifs is 14. The van der Waals surface area contributed by atoms with E-state index >= 15 is 0 Å². The first-order valence-electron chi connectivity index (χ1n) is 17.7. The van der Waals surface area contributed by atoms with Crippen LogP contribution < -0.4 is 0 Å². The SMILES string of the molecule is N#Cc1ccc2oc3ccc4c(c3c2c1)-c1c(C#N)cccc1C41c2ccccc2-c2cc(-c3nc(-c4ccccc4)nc(-c4ccccc4)n3)ccc21. The van der Waals surface area contributed by atoms with Gasteiger partial charge in [0.25, 0.3) is 0 Å². The van der Waals surface area contributed by atoms with Crippen LogP contribution >= 0.6 is 0 Å². The lowest BCUT2D eigenvalue weighted by molar-refractivity contribution is 0.668. The summed E-state index contributed by atoms with van der Waals surface area (Å²) in [5.74, 6) is 1.80. The number of aromatic nitrogens is 3. The van der Waals surface area contributed by atoms with Gasteiger partial charge in [0.2, 0.25) is 0 Å². The normalized spacial score (nSPS) is 14.7. The van der Waals surface area contributed by atoms with Gasteiger partial charge in [0, 0.05) is 33.0 Å². The molecule has 0 saturated heterocycles. The number of hydrogen-bond donors (Lipinski definition) is 0. The molecule has 2 heterocycles. The van der Waals surface area contributed by atoms with Crippen LogP contribution in [0.5, 0.6) is 0 Å². The van der Waals surface area contributed by atoms with Crippen molar-refractivity contribution in [3.05, 3.63) is 185 Å². The third-order valence-electron chi connectivity index (χ3n) is 11.0. The number of hydrogen-bond acceptors (Lipinski definition) is 6. The first-order chi connectivity index (χ1) is 26.7. The predicted octanol–water partition coefficient (Wildman–Crippen LogP) is 10.9. The van der Waals surface area contributed by atoms with Crippen LogP contribution in [-0.4, -0.2) is 15.0 Å². The summed E-state index contributed by atoms with van der Waals surface area (Å²) in [5, 5.41) is 22.2. The molecule has 0 fully saturated rings. The van der Waals surface area contributed by atoms with Crippen LogP contribution in [0.1, 0.15) is 33.4 Å². The minimum absolute atomic E-state index is 0.553. The summed E-state index contributed by atoms with van der Waals surface area (Å²) in [7, 11) is 0. The molecule has 0 saturated carbocycles. The smallest absolute Gasteiger partial charge is 0.164 e. The van der Waals surface area contributed by atoms with E-state index in [-0.39, 0.29) is 0 Å². The average molecular weight is 688 g/mol. The van der Waals surface area contributed by atoms with E-state index in [1.165, 1.54) is 0 Å². The van der Waals surface area contributed by atoms with Gasteiger partial charge in [0.15, 0.2) is 17.5 Å². The Hall–Kier alpha value is -7.67. The second-order valence-electron chi connectivity index (χ2n) is 13.7. The predicted molar refractivity (Wildman–Crippen MR) is 209 cm³/mol. The molecule has 1 spiro atoms. The average Bonchev–Trinajstić information content (AvgIpc) is 3.87. The van der Waals surface area contributed by atoms with Crippen molar-refractivity contribution in [2.45, 2.75) is 5.41 Å². The van der Waals surface area contributed by atoms with Gasteiger partial charge < -0.3 is 4.42 Å². The maximum atomic E-state index is 10.6. The number of rotatable bonds is 3. The number of benzene rings is 7. The highest BCUT2D eigenvalue weighted by atomic mass is 16.3. The van der Waals surface area contributed by atoms with Crippen molar-refractivity contribution in [3.63, 3.8) is 0 Å². The number of nitrogens with zero attached hydrogens (tertiary/aromatic N) is 5. The largest absolute Gasteiger partial charge is 0.456 e. The quantitative estimate of drug-likeness (QED) is 0.183. The van der Waals surface area contributed by atoms with E-state index in [2.05, 4.69) is 66.7 Å². The summed E-state index contributed by atoms with van der Waals surface area (Å²) < 4.78 is 6.39. The molecule has 7 aromatic carbocycles. The minimum Gasteiger partial charge on any atom is -0.456 e. The fraction of sp³-hybridized carbons (Fsp3) is 0.0208. The molecule has 1 unspecified atom stereocenters. The van der Waals surface area contributed by atoms with Gasteiger partial charge in [0.05, 0.1) is 28.7 Å². The maximum Gasteiger partial charge on any atom is 0.164 e. The lowest BCUT2D eigenvalue weighted by atomic mass is 9.70. The lowest BCUT2D eigenvalue weighted by Crippen LogP contribution is -2.25. The molecule has 2 aliphatic carbocycles. The molecule has 11 rings (SSSR count). The molecular weight excluding hydrogens is 663 g/mol. The molecule has 54 heavy (non-hydrogen) atoms. The lowest BCUT2D eigenvalue weighted by Gasteiger charge is -2.30. The van der Waals surface area contributed by atoms with Crippen molar-refractivity contribution in [1.29, 1.82) is 10.5 Å². The van der Waals surface area contributed by atoms with Crippen molar-refractivity contribution in [2.24, 2.45) is 0 Å². The summed E-state index contributed by atoms with van der Waals surface area (Å²) in [4.78, 5) is 15.0. The number of nitriles is 2. The van der Waals surface area contributed by atoms with E-state index in [9.17, 15) is 10.5 Å². The Morgan fingerprint density at radius 2 is 1.07 bits per heavy atom. The Morgan fingerprint density at radius 1 is 0.463 bits per heavy atom. The van der Waals surface area contributed by atoms with E-state index in [0.717, 1.165) is 77.6 Å². The van der Waals surface area contributed by atoms with Crippen LogP contribution in [-0.2, 0) is 5.41 Å². The van der Waals surface area contributed by atoms with Crippen molar-refractivity contribution >= 4 is 21.9 Å². The summed E-state index contributed by atoms with van der Waals surface area (Å²) in [6, 6.07) is 55.7. The van der Waals surface area contributed by atoms with Gasteiger partial charge in [-0.3, -0.25) is 0 Å². The summed E-state index contributed by atoms with van der Waals surface area (Å²) in [5.41, 5.74) is 13.0. The van der Waals surface area contributed by atoms with Gasteiger partial charge in [-0.05, 0) is 75.3 Å². The van der Waals surface area contributed by atoms with E-state index in [1.807, 2.05) is 91.0 Å².